The van der Waals surface area contributed by atoms with Crippen LogP contribution in [-0.2, 0) is 0 Å². The van der Waals surface area contributed by atoms with Crippen LogP contribution in [0.15, 0.2) is 54.6 Å². The Morgan fingerprint density at radius 1 is 0.551 bits per heavy atom. The number of hydrogen-bond acceptors (Lipinski definition) is 1. The number of halogens is 3. The first kappa shape index (κ1) is 37.5. The summed E-state index contributed by atoms with van der Waals surface area (Å²) in [5, 5.41) is 0. The van der Waals surface area contributed by atoms with E-state index in [4.69, 9.17) is 4.74 Å². The van der Waals surface area contributed by atoms with Gasteiger partial charge in [-0.25, -0.2) is 8.78 Å². The Bertz CT molecular complexity index is 1400. The van der Waals surface area contributed by atoms with Crippen molar-refractivity contribution in [3.05, 3.63) is 77.6 Å². The molecular formula is C45H61F3O. The maximum Gasteiger partial charge on any atom is 0.201 e. The SMILES string of the molecule is CCCCCCCCOc1ccc(-c2ccc(-c3ccc(C4CCC(C5CCC(CCCCCCC)CC5)CC4)c(F)c3)cc2)c(F)c1F. The van der Waals surface area contributed by atoms with E-state index in [2.05, 4.69) is 13.8 Å². The lowest BCUT2D eigenvalue weighted by molar-refractivity contribution is 0.155. The molecule has 2 aliphatic rings. The van der Waals surface area contributed by atoms with Crippen molar-refractivity contribution in [3.8, 4) is 28.0 Å². The van der Waals surface area contributed by atoms with Gasteiger partial charge in [-0.2, -0.15) is 4.39 Å². The van der Waals surface area contributed by atoms with Crippen molar-refractivity contribution in [2.45, 2.75) is 148 Å². The molecule has 3 aromatic rings. The van der Waals surface area contributed by atoms with E-state index < -0.39 is 11.6 Å². The Hall–Kier alpha value is -2.75. The Balaban J connectivity index is 1.09. The van der Waals surface area contributed by atoms with Gasteiger partial charge in [-0.05, 0) is 109 Å². The second kappa shape index (κ2) is 19.6. The zero-order chi connectivity index (χ0) is 34.4. The maximum absolute atomic E-state index is 15.5. The highest BCUT2D eigenvalue weighted by molar-refractivity contribution is 5.71. The monoisotopic (exact) mass is 674 g/mol. The fourth-order valence-corrected chi connectivity index (χ4v) is 8.70. The molecule has 0 radical (unpaired) electrons. The van der Waals surface area contributed by atoms with Gasteiger partial charge in [0.1, 0.15) is 5.82 Å². The smallest absolute Gasteiger partial charge is 0.201 e. The standard InChI is InChI=1S/C45H61F3O/c1-3-5-7-9-11-13-31-49-43-30-29-41(44(47)45(43)48)38-25-21-36(22-26-38)39-27-28-40(42(46)32-39)37-23-19-35(20-24-37)34-17-15-33(16-18-34)14-12-10-8-6-4-2/h21-22,25-30,32-35,37H,3-20,23-24,31H2,1-2H3. The zero-order valence-electron chi connectivity index (χ0n) is 30.4. The molecule has 0 N–H and O–H groups in total. The van der Waals surface area contributed by atoms with E-state index in [9.17, 15) is 4.39 Å². The topological polar surface area (TPSA) is 9.23 Å². The highest BCUT2D eigenvalue weighted by Crippen LogP contribution is 2.45. The van der Waals surface area contributed by atoms with Gasteiger partial charge in [0.2, 0.25) is 5.82 Å². The minimum atomic E-state index is -0.949. The van der Waals surface area contributed by atoms with Crippen LogP contribution in [0.3, 0.4) is 0 Å². The first-order chi connectivity index (χ1) is 24.0. The highest BCUT2D eigenvalue weighted by Gasteiger charge is 2.32. The van der Waals surface area contributed by atoms with Gasteiger partial charge in [-0.3, -0.25) is 0 Å². The second-order valence-corrected chi connectivity index (χ2v) is 15.3. The van der Waals surface area contributed by atoms with E-state index in [0.717, 1.165) is 66.5 Å². The van der Waals surface area contributed by atoms with Crippen molar-refractivity contribution in [2.24, 2.45) is 17.8 Å². The first-order valence-corrected chi connectivity index (χ1v) is 20.0. The minimum Gasteiger partial charge on any atom is -0.490 e. The summed E-state index contributed by atoms with van der Waals surface area (Å²) in [5.41, 5.74) is 3.27. The molecule has 0 heterocycles. The lowest BCUT2D eigenvalue weighted by Crippen LogP contribution is -2.25. The number of ether oxygens (including phenoxy) is 1. The molecule has 2 saturated carbocycles. The van der Waals surface area contributed by atoms with Gasteiger partial charge in [0.15, 0.2) is 11.6 Å². The maximum atomic E-state index is 15.5. The Kier molecular flexibility index (Phi) is 15.0. The Morgan fingerprint density at radius 2 is 1.12 bits per heavy atom. The third kappa shape index (κ3) is 10.6. The predicted molar refractivity (Wildman–Crippen MR) is 200 cm³/mol. The van der Waals surface area contributed by atoms with Crippen LogP contribution >= 0.6 is 0 Å². The average Bonchev–Trinajstić information content (AvgIpc) is 3.13. The number of benzene rings is 3. The fraction of sp³-hybridized carbons (Fsp3) is 0.600. The lowest BCUT2D eigenvalue weighted by Gasteiger charge is -2.38. The molecule has 1 nitrogen and oxygen atoms in total. The van der Waals surface area contributed by atoms with E-state index >= 15 is 8.78 Å². The van der Waals surface area contributed by atoms with E-state index in [1.807, 2.05) is 24.3 Å². The summed E-state index contributed by atoms with van der Waals surface area (Å²) < 4.78 is 51.0. The van der Waals surface area contributed by atoms with Gasteiger partial charge in [-0.1, -0.05) is 134 Å². The summed E-state index contributed by atoms with van der Waals surface area (Å²) >= 11 is 0. The average molecular weight is 675 g/mol. The molecule has 0 saturated heterocycles. The normalized spacial score (nSPS) is 21.2. The molecule has 268 valence electrons. The van der Waals surface area contributed by atoms with E-state index in [0.29, 0.717) is 18.1 Å². The molecule has 0 spiro atoms. The lowest BCUT2D eigenvalue weighted by atomic mass is 9.68. The van der Waals surface area contributed by atoms with Crippen LogP contribution in [0.1, 0.15) is 154 Å². The molecule has 0 unspecified atom stereocenters. The summed E-state index contributed by atoms with van der Waals surface area (Å²) in [7, 11) is 0. The third-order valence-electron chi connectivity index (χ3n) is 11.8. The van der Waals surface area contributed by atoms with Crippen LogP contribution in [-0.4, -0.2) is 6.61 Å². The van der Waals surface area contributed by atoms with Gasteiger partial charge >= 0.3 is 0 Å². The van der Waals surface area contributed by atoms with Crippen LogP contribution in [0.25, 0.3) is 22.3 Å². The van der Waals surface area contributed by atoms with Crippen LogP contribution in [0.4, 0.5) is 13.2 Å². The summed E-state index contributed by atoms with van der Waals surface area (Å²) in [4.78, 5) is 0. The fourth-order valence-electron chi connectivity index (χ4n) is 8.70. The molecule has 49 heavy (non-hydrogen) atoms. The molecule has 0 aliphatic heterocycles. The Morgan fingerprint density at radius 3 is 1.78 bits per heavy atom. The Labute approximate surface area is 295 Å². The zero-order valence-corrected chi connectivity index (χ0v) is 30.4. The molecular weight excluding hydrogens is 613 g/mol. The number of rotatable bonds is 18. The quantitative estimate of drug-likeness (QED) is 0.122. The number of hydrogen-bond donors (Lipinski definition) is 0. The van der Waals surface area contributed by atoms with Crippen molar-refractivity contribution in [3.63, 3.8) is 0 Å². The highest BCUT2D eigenvalue weighted by atomic mass is 19.2. The molecule has 5 rings (SSSR count). The second-order valence-electron chi connectivity index (χ2n) is 15.3. The molecule has 0 aromatic heterocycles. The van der Waals surface area contributed by atoms with Crippen LogP contribution in [0.5, 0.6) is 5.75 Å². The summed E-state index contributed by atoms with van der Waals surface area (Å²) in [6.07, 6.45) is 25.3. The predicted octanol–water partition coefficient (Wildman–Crippen LogP) is 14.6. The van der Waals surface area contributed by atoms with Gasteiger partial charge < -0.3 is 4.74 Å². The van der Waals surface area contributed by atoms with Crippen LogP contribution in [0, 0.1) is 35.2 Å². The molecule has 4 heteroatoms. The molecule has 0 amide bonds. The van der Waals surface area contributed by atoms with Crippen LogP contribution < -0.4 is 4.74 Å². The van der Waals surface area contributed by atoms with E-state index in [1.54, 1.807) is 24.3 Å². The van der Waals surface area contributed by atoms with E-state index in [1.165, 1.54) is 102 Å². The van der Waals surface area contributed by atoms with Crippen molar-refractivity contribution in [1.29, 1.82) is 0 Å². The van der Waals surface area contributed by atoms with Gasteiger partial charge in [0.05, 0.1) is 6.61 Å². The van der Waals surface area contributed by atoms with Crippen molar-refractivity contribution in [2.75, 3.05) is 6.61 Å². The third-order valence-corrected chi connectivity index (χ3v) is 11.8. The van der Waals surface area contributed by atoms with Crippen molar-refractivity contribution < 1.29 is 17.9 Å². The first-order valence-electron chi connectivity index (χ1n) is 20.0. The van der Waals surface area contributed by atoms with Crippen molar-refractivity contribution in [1.82, 2.24) is 0 Å². The summed E-state index contributed by atoms with van der Waals surface area (Å²) in [6, 6.07) is 16.0. The largest absolute Gasteiger partial charge is 0.490 e. The number of unbranched alkanes of at least 4 members (excludes halogenated alkanes) is 9. The van der Waals surface area contributed by atoms with E-state index in [-0.39, 0.29) is 17.1 Å². The van der Waals surface area contributed by atoms with Crippen LogP contribution in [0.2, 0.25) is 0 Å². The summed E-state index contributed by atoms with van der Waals surface area (Å²) in [5.74, 6) is 0.911. The molecule has 0 bridgehead atoms. The van der Waals surface area contributed by atoms with Gasteiger partial charge in [0.25, 0.3) is 0 Å². The summed E-state index contributed by atoms with van der Waals surface area (Å²) in [6.45, 7) is 4.85. The van der Waals surface area contributed by atoms with Gasteiger partial charge in [-0.15, -0.1) is 0 Å². The molecule has 2 fully saturated rings. The molecule has 2 aliphatic carbocycles. The molecule has 3 aromatic carbocycles. The molecule has 0 atom stereocenters. The van der Waals surface area contributed by atoms with Gasteiger partial charge in [0, 0.05) is 5.56 Å². The van der Waals surface area contributed by atoms with Crippen molar-refractivity contribution >= 4 is 0 Å². The minimum absolute atomic E-state index is 0.0404.